The molecule has 0 atom stereocenters. The van der Waals surface area contributed by atoms with Gasteiger partial charge in [0.1, 0.15) is 12.4 Å². The Hall–Kier alpha value is -0.960. The van der Waals surface area contributed by atoms with Gasteiger partial charge in [0.15, 0.2) is 0 Å². The van der Waals surface area contributed by atoms with Gasteiger partial charge in [-0.1, -0.05) is 35.9 Å². The molecule has 0 spiro atoms. The second-order valence-corrected chi connectivity index (χ2v) is 4.53. The topological polar surface area (TPSA) is 18.5 Å². The van der Waals surface area contributed by atoms with Crippen molar-refractivity contribution < 1.29 is 9.47 Å². The van der Waals surface area contributed by atoms with Crippen LogP contribution >= 0.6 is 23.2 Å². The van der Waals surface area contributed by atoms with E-state index >= 15 is 0 Å². The highest BCUT2D eigenvalue weighted by Crippen LogP contribution is 2.31. The molecule has 0 saturated carbocycles. The van der Waals surface area contributed by atoms with E-state index in [2.05, 4.69) is 0 Å². The normalized spacial score (nSPS) is 10.8. The molecule has 96 valence electrons. The number of alkyl halides is 1. The first-order valence-corrected chi connectivity index (χ1v) is 6.68. The van der Waals surface area contributed by atoms with Crippen LogP contribution in [0.3, 0.4) is 0 Å². The SMILES string of the molecule is ClCCOCCOc1ccc(Cl)c2ccccc12. The fourth-order valence-corrected chi connectivity index (χ4v) is 2.06. The highest BCUT2D eigenvalue weighted by Gasteiger charge is 2.04. The highest BCUT2D eigenvalue weighted by molar-refractivity contribution is 6.35. The number of hydrogen-bond donors (Lipinski definition) is 0. The predicted octanol–water partition coefficient (Wildman–Crippen LogP) is 4.13. The molecule has 0 fully saturated rings. The van der Waals surface area contributed by atoms with Crippen molar-refractivity contribution in [2.24, 2.45) is 0 Å². The lowest BCUT2D eigenvalue weighted by Crippen LogP contribution is -2.08. The summed E-state index contributed by atoms with van der Waals surface area (Å²) in [6, 6.07) is 11.6. The molecule has 2 aromatic rings. The first kappa shape index (κ1) is 13.5. The van der Waals surface area contributed by atoms with Crippen molar-refractivity contribution in [3.05, 3.63) is 41.4 Å². The maximum absolute atomic E-state index is 6.14. The van der Waals surface area contributed by atoms with Gasteiger partial charge in [-0.15, -0.1) is 11.6 Å². The van der Waals surface area contributed by atoms with Crippen LogP contribution in [-0.4, -0.2) is 25.7 Å². The molecule has 0 aliphatic rings. The molecule has 2 aromatic carbocycles. The zero-order chi connectivity index (χ0) is 12.8. The number of benzene rings is 2. The van der Waals surface area contributed by atoms with Gasteiger partial charge in [-0.2, -0.15) is 0 Å². The van der Waals surface area contributed by atoms with E-state index < -0.39 is 0 Å². The maximum Gasteiger partial charge on any atom is 0.127 e. The molecule has 0 aliphatic carbocycles. The van der Waals surface area contributed by atoms with Crippen LogP contribution in [0.4, 0.5) is 0 Å². The molecule has 2 nitrogen and oxygen atoms in total. The first-order chi connectivity index (χ1) is 8.83. The Balaban J connectivity index is 2.07. The van der Waals surface area contributed by atoms with Crippen LogP contribution in [-0.2, 0) is 4.74 Å². The molecule has 0 heterocycles. The molecule has 0 radical (unpaired) electrons. The average molecular weight is 285 g/mol. The van der Waals surface area contributed by atoms with Gasteiger partial charge in [0.05, 0.1) is 13.2 Å². The Morgan fingerprint density at radius 1 is 0.889 bits per heavy atom. The number of fused-ring (bicyclic) bond motifs is 1. The lowest BCUT2D eigenvalue weighted by atomic mass is 10.1. The van der Waals surface area contributed by atoms with Crippen LogP contribution in [0.2, 0.25) is 5.02 Å². The molecule has 18 heavy (non-hydrogen) atoms. The minimum Gasteiger partial charge on any atom is -0.491 e. The van der Waals surface area contributed by atoms with Crippen LogP contribution in [0, 0.1) is 0 Å². The summed E-state index contributed by atoms with van der Waals surface area (Å²) >= 11 is 11.6. The summed E-state index contributed by atoms with van der Waals surface area (Å²) in [5.74, 6) is 1.33. The summed E-state index contributed by atoms with van der Waals surface area (Å²) in [6.45, 7) is 1.58. The largest absolute Gasteiger partial charge is 0.491 e. The third-order valence-electron chi connectivity index (χ3n) is 2.54. The molecule has 0 saturated heterocycles. The molecular weight excluding hydrogens is 271 g/mol. The fraction of sp³-hybridized carbons (Fsp3) is 0.286. The summed E-state index contributed by atoms with van der Waals surface area (Å²) in [4.78, 5) is 0. The molecule has 0 amide bonds. The average Bonchev–Trinajstić information content (AvgIpc) is 2.41. The van der Waals surface area contributed by atoms with E-state index in [0.29, 0.717) is 25.7 Å². The van der Waals surface area contributed by atoms with Crippen LogP contribution in [0.15, 0.2) is 36.4 Å². The third kappa shape index (κ3) is 3.29. The van der Waals surface area contributed by atoms with Crippen molar-refractivity contribution >= 4 is 34.0 Å². The number of ether oxygens (including phenoxy) is 2. The summed E-state index contributed by atoms with van der Waals surface area (Å²) in [5, 5.41) is 2.75. The van der Waals surface area contributed by atoms with E-state index in [9.17, 15) is 0 Å². The van der Waals surface area contributed by atoms with Gasteiger partial charge in [-0.05, 0) is 12.1 Å². The highest BCUT2D eigenvalue weighted by atomic mass is 35.5. The Morgan fingerprint density at radius 3 is 2.44 bits per heavy atom. The minimum absolute atomic E-state index is 0.502. The van der Waals surface area contributed by atoms with Gasteiger partial charge in [0.2, 0.25) is 0 Å². The Labute approximate surface area is 116 Å². The summed E-state index contributed by atoms with van der Waals surface area (Å²) in [6.07, 6.45) is 0. The van der Waals surface area contributed by atoms with Crippen molar-refractivity contribution in [1.82, 2.24) is 0 Å². The second kappa shape index (κ2) is 6.83. The maximum atomic E-state index is 6.14. The fourth-order valence-electron chi connectivity index (χ4n) is 1.73. The van der Waals surface area contributed by atoms with Crippen LogP contribution in [0.25, 0.3) is 10.8 Å². The quantitative estimate of drug-likeness (QED) is 0.587. The van der Waals surface area contributed by atoms with E-state index in [-0.39, 0.29) is 0 Å². The monoisotopic (exact) mass is 284 g/mol. The van der Waals surface area contributed by atoms with Crippen LogP contribution < -0.4 is 4.74 Å². The van der Waals surface area contributed by atoms with Crippen molar-refractivity contribution in [2.75, 3.05) is 25.7 Å². The van der Waals surface area contributed by atoms with E-state index in [1.54, 1.807) is 0 Å². The van der Waals surface area contributed by atoms with E-state index in [1.807, 2.05) is 36.4 Å². The molecule has 2 rings (SSSR count). The van der Waals surface area contributed by atoms with Gasteiger partial charge < -0.3 is 9.47 Å². The Bertz CT molecular complexity index is 514. The van der Waals surface area contributed by atoms with Crippen molar-refractivity contribution in [1.29, 1.82) is 0 Å². The Kier molecular flexibility index (Phi) is 5.12. The minimum atomic E-state index is 0.502. The lowest BCUT2D eigenvalue weighted by molar-refractivity contribution is 0.112. The van der Waals surface area contributed by atoms with Crippen LogP contribution in [0.5, 0.6) is 5.75 Å². The molecule has 4 heteroatoms. The summed E-state index contributed by atoms with van der Waals surface area (Å²) in [7, 11) is 0. The molecule has 0 aliphatic heterocycles. The van der Waals surface area contributed by atoms with Gasteiger partial charge in [0.25, 0.3) is 0 Å². The first-order valence-electron chi connectivity index (χ1n) is 5.76. The third-order valence-corrected chi connectivity index (χ3v) is 3.02. The number of rotatable bonds is 6. The standard InChI is InChI=1S/C14H14Cl2O2/c15-7-8-17-9-10-18-14-6-5-13(16)11-3-1-2-4-12(11)14/h1-6H,7-10H2. The van der Waals surface area contributed by atoms with Gasteiger partial charge in [0, 0.05) is 21.7 Å². The van der Waals surface area contributed by atoms with E-state index in [0.717, 1.165) is 21.5 Å². The van der Waals surface area contributed by atoms with Crippen LogP contribution in [0.1, 0.15) is 0 Å². The molecule has 0 unspecified atom stereocenters. The predicted molar refractivity (Wildman–Crippen MR) is 76.0 cm³/mol. The van der Waals surface area contributed by atoms with Crippen molar-refractivity contribution in [3.8, 4) is 5.75 Å². The van der Waals surface area contributed by atoms with Gasteiger partial charge in [-0.25, -0.2) is 0 Å². The van der Waals surface area contributed by atoms with E-state index in [1.165, 1.54) is 0 Å². The second-order valence-electron chi connectivity index (χ2n) is 3.74. The van der Waals surface area contributed by atoms with Crippen molar-refractivity contribution in [3.63, 3.8) is 0 Å². The molecule has 0 N–H and O–H groups in total. The summed E-state index contributed by atoms with van der Waals surface area (Å²) < 4.78 is 11.0. The number of hydrogen-bond acceptors (Lipinski definition) is 2. The zero-order valence-electron chi connectivity index (χ0n) is 9.86. The molecular formula is C14H14Cl2O2. The van der Waals surface area contributed by atoms with E-state index in [4.69, 9.17) is 32.7 Å². The van der Waals surface area contributed by atoms with Crippen molar-refractivity contribution in [2.45, 2.75) is 0 Å². The summed E-state index contributed by atoms with van der Waals surface area (Å²) in [5.41, 5.74) is 0. The lowest BCUT2D eigenvalue weighted by Gasteiger charge is -2.10. The zero-order valence-corrected chi connectivity index (χ0v) is 11.4. The molecule has 0 bridgehead atoms. The Morgan fingerprint density at radius 2 is 1.67 bits per heavy atom. The smallest absolute Gasteiger partial charge is 0.127 e. The molecule has 0 aromatic heterocycles. The van der Waals surface area contributed by atoms with Gasteiger partial charge in [-0.3, -0.25) is 0 Å². The van der Waals surface area contributed by atoms with Gasteiger partial charge >= 0.3 is 0 Å². The number of halogens is 2.